The van der Waals surface area contributed by atoms with Gasteiger partial charge in [-0.05, 0) is 55.9 Å². The first kappa shape index (κ1) is 21.6. The standard InChI is InChI=1S/C24H27N5O3/c1-17-15-26-24(32)29(17)21-9-7-19(8-10-21)22(30)25-16-18-3-5-20(6-4-18)23(31)28-13-11-27(2)12-14-28/h3-10,15H,11-14,16H2,1-2H3,(H,25,30)(H,26,32). The summed E-state index contributed by atoms with van der Waals surface area (Å²) < 4.78 is 1.55. The SMILES string of the molecule is Cc1c[nH]c(=O)n1-c1ccc(C(=O)NCc2ccc(C(=O)N3CCN(C)CC3)cc2)cc1. The van der Waals surface area contributed by atoms with Crippen molar-refractivity contribution < 1.29 is 9.59 Å². The Hall–Kier alpha value is -3.65. The van der Waals surface area contributed by atoms with Crippen LogP contribution in [-0.4, -0.2) is 64.4 Å². The van der Waals surface area contributed by atoms with E-state index in [1.165, 1.54) is 0 Å². The highest BCUT2D eigenvalue weighted by molar-refractivity contribution is 5.95. The van der Waals surface area contributed by atoms with Gasteiger partial charge in [0.2, 0.25) is 0 Å². The first-order valence-corrected chi connectivity index (χ1v) is 10.6. The molecule has 3 aromatic rings. The summed E-state index contributed by atoms with van der Waals surface area (Å²) in [5, 5.41) is 2.89. The van der Waals surface area contributed by atoms with E-state index in [1.807, 2.05) is 36.1 Å². The van der Waals surface area contributed by atoms with Crippen molar-refractivity contribution >= 4 is 11.8 Å². The van der Waals surface area contributed by atoms with E-state index in [-0.39, 0.29) is 17.5 Å². The number of nitrogens with zero attached hydrogens (tertiary/aromatic N) is 3. The summed E-state index contributed by atoms with van der Waals surface area (Å²) in [4.78, 5) is 43.8. The lowest BCUT2D eigenvalue weighted by Gasteiger charge is -2.32. The van der Waals surface area contributed by atoms with Crippen molar-refractivity contribution in [3.8, 4) is 5.69 Å². The molecule has 0 spiro atoms. The summed E-state index contributed by atoms with van der Waals surface area (Å²) >= 11 is 0. The minimum absolute atomic E-state index is 0.0468. The van der Waals surface area contributed by atoms with Crippen LogP contribution < -0.4 is 11.0 Å². The van der Waals surface area contributed by atoms with E-state index in [0.29, 0.717) is 23.4 Å². The molecule has 0 radical (unpaired) electrons. The highest BCUT2D eigenvalue weighted by Gasteiger charge is 2.20. The minimum atomic E-state index is -0.214. The molecule has 1 aromatic heterocycles. The van der Waals surface area contributed by atoms with Gasteiger partial charge in [-0.1, -0.05) is 12.1 Å². The van der Waals surface area contributed by atoms with E-state index < -0.39 is 0 Å². The topological polar surface area (TPSA) is 90.4 Å². The van der Waals surface area contributed by atoms with Crippen molar-refractivity contribution in [2.75, 3.05) is 33.2 Å². The van der Waals surface area contributed by atoms with Crippen molar-refractivity contribution in [3.05, 3.63) is 87.6 Å². The van der Waals surface area contributed by atoms with Crippen LogP contribution in [0.2, 0.25) is 0 Å². The average molecular weight is 434 g/mol. The van der Waals surface area contributed by atoms with E-state index in [4.69, 9.17) is 0 Å². The van der Waals surface area contributed by atoms with Gasteiger partial charge in [-0.2, -0.15) is 0 Å². The Morgan fingerprint density at radius 3 is 2.16 bits per heavy atom. The van der Waals surface area contributed by atoms with Gasteiger partial charge in [-0.25, -0.2) is 4.79 Å². The average Bonchev–Trinajstić information content (AvgIpc) is 3.16. The number of aromatic nitrogens is 2. The zero-order valence-corrected chi connectivity index (χ0v) is 18.3. The van der Waals surface area contributed by atoms with Crippen LogP contribution in [0.3, 0.4) is 0 Å². The number of piperazine rings is 1. The quantitative estimate of drug-likeness (QED) is 0.642. The van der Waals surface area contributed by atoms with Gasteiger partial charge in [0.15, 0.2) is 0 Å². The Bertz CT molecular complexity index is 1150. The summed E-state index contributed by atoms with van der Waals surface area (Å²) in [6.45, 7) is 5.45. The Morgan fingerprint density at radius 1 is 0.938 bits per heavy atom. The van der Waals surface area contributed by atoms with E-state index in [0.717, 1.165) is 37.4 Å². The number of benzene rings is 2. The lowest BCUT2D eigenvalue weighted by Crippen LogP contribution is -2.47. The van der Waals surface area contributed by atoms with Crippen molar-refractivity contribution in [1.29, 1.82) is 0 Å². The Morgan fingerprint density at radius 2 is 1.56 bits per heavy atom. The predicted octanol–water partition coefficient (Wildman–Crippen LogP) is 1.79. The number of aryl methyl sites for hydroxylation is 1. The van der Waals surface area contributed by atoms with Gasteiger partial charge in [0.1, 0.15) is 0 Å². The molecule has 0 bridgehead atoms. The number of aromatic amines is 1. The Labute approximate surface area is 186 Å². The molecule has 32 heavy (non-hydrogen) atoms. The third-order valence-corrected chi connectivity index (χ3v) is 5.79. The largest absolute Gasteiger partial charge is 0.348 e. The van der Waals surface area contributed by atoms with E-state index >= 15 is 0 Å². The summed E-state index contributed by atoms with van der Waals surface area (Å²) in [5.74, 6) is -0.155. The molecule has 1 fully saturated rings. The van der Waals surface area contributed by atoms with Crippen LogP contribution >= 0.6 is 0 Å². The Kier molecular flexibility index (Phi) is 6.23. The molecule has 0 aliphatic carbocycles. The number of hydrogen-bond donors (Lipinski definition) is 2. The fourth-order valence-corrected chi connectivity index (χ4v) is 3.78. The molecule has 166 valence electrons. The van der Waals surface area contributed by atoms with E-state index in [1.54, 1.807) is 35.0 Å². The third-order valence-electron chi connectivity index (χ3n) is 5.79. The lowest BCUT2D eigenvalue weighted by molar-refractivity contribution is 0.0664. The van der Waals surface area contributed by atoms with Gasteiger partial charge in [0, 0.05) is 55.7 Å². The molecule has 0 saturated carbocycles. The molecule has 8 nitrogen and oxygen atoms in total. The molecule has 4 rings (SSSR count). The summed E-state index contributed by atoms with van der Waals surface area (Å²) in [5.41, 5.74) is 3.37. The van der Waals surface area contributed by atoms with Crippen LogP contribution in [0.15, 0.2) is 59.5 Å². The number of nitrogens with one attached hydrogen (secondary N) is 2. The van der Waals surface area contributed by atoms with Gasteiger partial charge in [-0.3, -0.25) is 14.2 Å². The third kappa shape index (κ3) is 4.65. The number of rotatable bonds is 5. The van der Waals surface area contributed by atoms with Crippen molar-refractivity contribution in [3.63, 3.8) is 0 Å². The second-order valence-corrected chi connectivity index (χ2v) is 8.09. The fourth-order valence-electron chi connectivity index (χ4n) is 3.78. The number of H-pyrrole nitrogens is 1. The van der Waals surface area contributed by atoms with E-state index in [9.17, 15) is 14.4 Å². The molecule has 2 amide bonds. The first-order valence-electron chi connectivity index (χ1n) is 10.6. The van der Waals surface area contributed by atoms with Crippen molar-refractivity contribution in [1.82, 2.24) is 24.7 Å². The normalized spacial score (nSPS) is 14.4. The summed E-state index contributed by atoms with van der Waals surface area (Å²) in [7, 11) is 2.06. The molecule has 1 aliphatic heterocycles. The summed E-state index contributed by atoms with van der Waals surface area (Å²) in [6.07, 6.45) is 1.65. The number of likely N-dealkylation sites (N-methyl/N-ethyl adjacent to an activating group) is 1. The zero-order valence-electron chi connectivity index (χ0n) is 18.3. The van der Waals surface area contributed by atoms with Gasteiger partial charge in [0.05, 0.1) is 5.69 Å². The van der Waals surface area contributed by atoms with Gasteiger partial charge < -0.3 is 20.1 Å². The van der Waals surface area contributed by atoms with Gasteiger partial charge >= 0.3 is 5.69 Å². The number of amides is 2. The monoisotopic (exact) mass is 433 g/mol. The molecule has 0 atom stereocenters. The highest BCUT2D eigenvalue weighted by Crippen LogP contribution is 2.12. The number of carbonyl (C=O) groups is 2. The smallest absolute Gasteiger partial charge is 0.330 e. The number of carbonyl (C=O) groups excluding carboxylic acids is 2. The molecule has 2 N–H and O–H groups in total. The van der Waals surface area contributed by atoms with Crippen LogP contribution in [-0.2, 0) is 6.54 Å². The zero-order chi connectivity index (χ0) is 22.7. The van der Waals surface area contributed by atoms with E-state index in [2.05, 4.69) is 22.2 Å². The molecule has 8 heteroatoms. The summed E-state index contributed by atoms with van der Waals surface area (Å²) in [6, 6.07) is 14.2. The van der Waals surface area contributed by atoms with Crippen LogP contribution in [0.5, 0.6) is 0 Å². The van der Waals surface area contributed by atoms with Gasteiger partial charge in [0.25, 0.3) is 11.8 Å². The van der Waals surface area contributed by atoms with Crippen LogP contribution in [0, 0.1) is 6.92 Å². The molecular weight excluding hydrogens is 406 g/mol. The van der Waals surface area contributed by atoms with Crippen molar-refractivity contribution in [2.45, 2.75) is 13.5 Å². The second kappa shape index (κ2) is 9.23. The van der Waals surface area contributed by atoms with Crippen LogP contribution in [0.25, 0.3) is 5.69 Å². The molecule has 1 saturated heterocycles. The fraction of sp³-hybridized carbons (Fsp3) is 0.292. The maximum Gasteiger partial charge on any atom is 0.330 e. The maximum absolute atomic E-state index is 12.6. The van der Waals surface area contributed by atoms with Crippen molar-refractivity contribution in [2.24, 2.45) is 0 Å². The highest BCUT2D eigenvalue weighted by atomic mass is 16.2. The molecule has 2 aromatic carbocycles. The molecule has 0 unspecified atom stereocenters. The minimum Gasteiger partial charge on any atom is -0.348 e. The maximum atomic E-state index is 12.6. The first-order chi connectivity index (χ1) is 15.4. The van der Waals surface area contributed by atoms with Crippen LogP contribution in [0.4, 0.5) is 0 Å². The molecular formula is C24H27N5O3. The number of hydrogen-bond acceptors (Lipinski definition) is 4. The van der Waals surface area contributed by atoms with Gasteiger partial charge in [-0.15, -0.1) is 0 Å². The second-order valence-electron chi connectivity index (χ2n) is 8.09. The predicted molar refractivity (Wildman–Crippen MR) is 122 cm³/mol. The lowest BCUT2D eigenvalue weighted by atomic mass is 10.1. The Balaban J connectivity index is 1.34. The molecule has 2 heterocycles. The number of imidazole rings is 1. The van der Waals surface area contributed by atoms with Crippen LogP contribution in [0.1, 0.15) is 32.0 Å². The molecule has 1 aliphatic rings.